The highest BCUT2D eigenvalue weighted by Gasteiger charge is 2.31. The molecule has 1 aliphatic heterocycles. The molecule has 5 heteroatoms. The molecule has 5 nitrogen and oxygen atoms in total. The van der Waals surface area contributed by atoms with E-state index in [4.69, 9.17) is 0 Å². The van der Waals surface area contributed by atoms with Crippen molar-refractivity contribution in [1.82, 2.24) is 14.7 Å². The van der Waals surface area contributed by atoms with Crippen molar-refractivity contribution in [2.24, 2.45) is 0 Å². The Morgan fingerprint density at radius 3 is 2.73 bits per heavy atom. The summed E-state index contributed by atoms with van der Waals surface area (Å²) in [4.78, 5) is 14.7. The van der Waals surface area contributed by atoms with Gasteiger partial charge in [-0.3, -0.25) is 9.48 Å². The first-order valence-electron chi connectivity index (χ1n) is 8.53. The standard InChI is InChI=1S/C17H29N3O2/c1-5-14(6-2)20-12(3)10-16(18-20)17(22)19-9-7-8-15(19)11-13(4)21/h10,13-15,21H,5-9,11H2,1-4H3. The summed E-state index contributed by atoms with van der Waals surface area (Å²) in [7, 11) is 0. The summed E-state index contributed by atoms with van der Waals surface area (Å²) in [5.41, 5.74) is 1.59. The molecule has 0 aromatic carbocycles. The lowest BCUT2D eigenvalue weighted by atomic mass is 10.1. The van der Waals surface area contributed by atoms with Gasteiger partial charge in [0.1, 0.15) is 0 Å². The van der Waals surface area contributed by atoms with Crippen LogP contribution in [0.2, 0.25) is 0 Å². The van der Waals surface area contributed by atoms with Crippen molar-refractivity contribution in [3.63, 3.8) is 0 Å². The van der Waals surface area contributed by atoms with Crippen LogP contribution in [0.3, 0.4) is 0 Å². The normalized spacial score (nSPS) is 19.9. The number of aromatic nitrogens is 2. The quantitative estimate of drug-likeness (QED) is 0.879. The van der Waals surface area contributed by atoms with Crippen LogP contribution in [0.15, 0.2) is 6.07 Å². The van der Waals surface area contributed by atoms with Gasteiger partial charge in [0.25, 0.3) is 5.91 Å². The maximum atomic E-state index is 12.8. The smallest absolute Gasteiger partial charge is 0.274 e. The molecule has 1 fully saturated rings. The summed E-state index contributed by atoms with van der Waals surface area (Å²) in [6.07, 6.45) is 4.29. The van der Waals surface area contributed by atoms with E-state index in [2.05, 4.69) is 18.9 Å². The third-order valence-corrected chi connectivity index (χ3v) is 4.68. The Balaban J connectivity index is 2.17. The highest BCUT2D eigenvalue weighted by molar-refractivity contribution is 5.92. The summed E-state index contributed by atoms with van der Waals surface area (Å²) in [6.45, 7) is 8.87. The summed E-state index contributed by atoms with van der Waals surface area (Å²) in [6, 6.07) is 2.40. The lowest BCUT2D eigenvalue weighted by Gasteiger charge is -2.25. The van der Waals surface area contributed by atoms with E-state index in [-0.39, 0.29) is 18.1 Å². The van der Waals surface area contributed by atoms with Gasteiger partial charge < -0.3 is 10.0 Å². The van der Waals surface area contributed by atoms with Crippen LogP contribution in [-0.2, 0) is 0 Å². The Morgan fingerprint density at radius 2 is 2.14 bits per heavy atom. The molecule has 1 aliphatic rings. The summed E-state index contributed by atoms with van der Waals surface area (Å²) in [5.74, 6) is 0.0101. The monoisotopic (exact) mass is 307 g/mol. The first kappa shape index (κ1) is 17.0. The van der Waals surface area contributed by atoms with Crippen molar-refractivity contribution in [3.05, 3.63) is 17.5 Å². The number of rotatable bonds is 6. The molecule has 2 unspecified atom stereocenters. The molecule has 124 valence electrons. The number of amides is 1. The van der Waals surface area contributed by atoms with Gasteiger partial charge in [-0.05, 0) is 52.0 Å². The van der Waals surface area contributed by atoms with E-state index in [1.165, 1.54) is 0 Å². The second-order valence-corrected chi connectivity index (χ2v) is 6.47. The van der Waals surface area contributed by atoms with Crippen LogP contribution in [0.25, 0.3) is 0 Å². The highest BCUT2D eigenvalue weighted by Crippen LogP contribution is 2.25. The first-order valence-corrected chi connectivity index (χ1v) is 8.53. The molecule has 1 aromatic rings. The van der Waals surface area contributed by atoms with Gasteiger partial charge in [0.2, 0.25) is 0 Å². The average molecular weight is 307 g/mol. The fourth-order valence-electron chi connectivity index (χ4n) is 3.49. The maximum absolute atomic E-state index is 12.8. The molecule has 22 heavy (non-hydrogen) atoms. The predicted octanol–water partition coefficient (Wildman–Crippen LogP) is 2.93. The van der Waals surface area contributed by atoms with E-state index in [0.29, 0.717) is 18.2 Å². The topological polar surface area (TPSA) is 58.4 Å². The number of aliphatic hydroxyl groups is 1. The number of hydrogen-bond acceptors (Lipinski definition) is 3. The number of aliphatic hydroxyl groups excluding tert-OH is 1. The van der Waals surface area contributed by atoms with Gasteiger partial charge in [-0.25, -0.2) is 0 Å². The Kier molecular flexibility index (Phi) is 5.62. The molecule has 0 aliphatic carbocycles. The van der Waals surface area contributed by atoms with Gasteiger partial charge >= 0.3 is 0 Å². The molecular formula is C17H29N3O2. The lowest BCUT2D eigenvalue weighted by Crippen LogP contribution is -2.37. The summed E-state index contributed by atoms with van der Waals surface area (Å²) >= 11 is 0. The molecule has 1 N–H and O–H groups in total. The third-order valence-electron chi connectivity index (χ3n) is 4.68. The third kappa shape index (κ3) is 3.51. The van der Waals surface area contributed by atoms with Crippen molar-refractivity contribution in [2.75, 3.05) is 6.54 Å². The molecule has 2 heterocycles. The van der Waals surface area contributed by atoms with Gasteiger partial charge in [0.15, 0.2) is 5.69 Å². The van der Waals surface area contributed by atoms with Gasteiger partial charge in [-0.2, -0.15) is 5.10 Å². The van der Waals surface area contributed by atoms with Crippen LogP contribution in [0.1, 0.15) is 75.1 Å². The van der Waals surface area contributed by atoms with Gasteiger partial charge in [0, 0.05) is 18.3 Å². The molecule has 0 spiro atoms. The van der Waals surface area contributed by atoms with Crippen LogP contribution in [0, 0.1) is 6.92 Å². The van der Waals surface area contributed by atoms with E-state index >= 15 is 0 Å². The number of nitrogens with zero attached hydrogens (tertiary/aromatic N) is 3. The average Bonchev–Trinajstić information content (AvgIpc) is 3.07. The minimum atomic E-state index is -0.373. The van der Waals surface area contributed by atoms with Gasteiger partial charge in [-0.1, -0.05) is 13.8 Å². The number of carbonyl (C=O) groups is 1. The molecule has 0 bridgehead atoms. The van der Waals surface area contributed by atoms with Crippen LogP contribution in [-0.4, -0.2) is 44.4 Å². The Bertz CT molecular complexity index is 506. The number of aryl methyl sites for hydroxylation is 1. The molecule has 0 radical (unpaired) electrons. The fourth-order valence-corrected chi connectivity index (χ4v) is 3.49. The lowest BCUT2D eigenvalue weighted by molar-refractivity contribution is 0.0675. The molecule has 1 saturated heterocycles. The second kappa shape index (κ2) is 7.27. The largest absolute Gasteiger partial charge is 0.393 e. The molecule has 2 atom stereocenters. The number of likely N-dealkylation sites (tertiary alicyclic amines) is 1. The highest BCUT2D eigenvalue weighted by atomic mass is 16.3. The van der Waals surface area contributed by atoms with Crippen molar-refractivity contribution < 1.29 is 9.90 Å². The Labute approximate surface area is 133 Å². The minimum absolute atomic E-state index is 0.0101. The van der Waals surface area contributed by atoms with E-state index in [1.54, 1.807) is 6.92 Å². The zero-order valence-corrected chi connectivity index (χ0v) is 14.2. The zero-order chi connectivity index (χ0) is 16.3. The summed E-state index contributed by atoms with van der Waals surface area (Å²) in [5, 5.41) is 14.2. The van der Waals surface area contributed by atoms with Crippen molar-refractivity contribution in [3.8, 4) is 0 Å². The van der Waals surface area contributed by atoms with Crippen molar-refractivity contribution in [1.29, 1.82) is 0 Å². The maximum Gasteiger partial charge on any atom is 0.274 e. The van der Waals surface area contributed by atoms with E-state index in [0.717, 1.165) is 37.9 Å². The Morgan fingerprint density at radius 1 is 1.45 bits per heavy atom. The van der Waals surface area contributed by atoms with Crippen LogP contribution >= 0.6 is 0 Å². The predicted molar refractivity (Wildman–Crippen MR) is 86.9 cm³/mol. The van der Waals surface area contributed by atoms with Crippen LogP contribution in [0.4, 0.5) is 0 Å². The Hall–Kier alpha value is -1.36. The van der Waals surface area contributed by atoms with Crippen LogP contribution < -0.4 is 0 Å². The van der Waals surface area contributed by atoms with E-state index in [9.17, 15) is 9.90 Å². The van der Waals surface area contributed by atoms with E-state index < -0.39 is 0 Å². The number of carbonyl (C=O) groups excluding carboxylic acids is 1. The molecular weight excluding hydrogens is 278 g/mol. The molecule has 2 rings (SSSR count). The van der Waals surface area contributed by atoms with E-state index in [1.807, 2.05) is 22.6 Å². The zero-order valence-electron chi connectivity index (χ0n) is 14.2. The van der Waals surface area contributed by atoms with Crippen LogP contribution in [0.5, 0.6) is 0 Å². The molecule has 1 amide bonds. The molecule has 1 aromatic heterocycles. The molecule has 0 saturated carbocycles. The second-order valence-electron chi connectivity index (χ2n) is 6.47. The SMILES string of the molecule is CCC(CC)n1nc(C(=O)N2CCCC2CC(C)O)cc1C. The van der Waals surface area contributed by atoms with Gasteiger partial charge in [0.05, 0.1) is 12.1 Å². The number of hydrogen-bond donors (Lipinski definition) is 1. The summed E-state index contributed by atoms with van der Waals surface area (Å²) < 4.78 is 1.99. The van der Waals surface area contributed by atoms with Crippen molar-refractivity contribution >= 4 is 5.91 Å². The fraction of sp³-hybridized carbons (Fsp3) is 0.765. The van der Waals surface area contributed by atoms with Gasteiger partial charge in [-0.15, -0.1) is 0 Å². The first-order chi connectivity index (χ1) is 10.5. The minimum Gasteiger partial charge on any atom is -0.393 e. The van der Waals surface area contributed by atoms with Crippen molar-refractivity contribution in [2.45, 2.75) is 78.0 Å².